The molecule has 0 aromatic heterocycles. The van der Waals surface area contributed by atoms with E-state index < -0.39 is 23.4 Å². The zero-order valence-corrected chi connectivity index (χ0v) is 18.1. The minimum atomic E-state index is -4.42. The maximum absolute atomic E-state index is 13.4. The first-order valence-electron chi connectivity index (χ1n) is 11.2. The van der Waals surface area contributed by atoms with Crippen molar-refractivity contribution in [1.82, 2.24) is 5.32 Å². The number of hydrogen-bond acceptors (Lipinski definition) is 5. The number of fused-ring (bicyclic) bond motifs is 3. The highest BCUT2D eigenvalue weighted by Gasteiger charge is 2.45. The van der Waals surface area contributed by atoms with E-state index in [2.05, 4.69) is 22.8 Å². The highest BCUT2D eigenvalue weighted by Crippen LogP contribution is 2.49. The first-order chi connectivity index (χ1) is 15.2. The molecule has 4 rings (SSSR count). The summed E-state index contributed by atoms with van der Waals surface area (Å²) in [6, 6.07) is 3.92. The van der Waals surface area contributed by atoms with Gasteiger partial charge < -0.3 is 25.6 Å². The van der Waals surface area contributed by atoms with E-state index in [1.54, 1.807) is 6.92 Å². The molecule has 0 spiro atoms. The van der Waals surface area contributed by atoms with Crippen molar-refractivity contribution in [2.24, 2.45) is 11.8 Å². The van der Waals surface area contributed by atoms with Crippen molar-refractivity contribution in [3.8, 4) is 0 Å². The Labute approximate surface area is 186 Å². The van der Waals surface area contributed by atoms with Gasteiger partial charge >= 0.3 is 6.18 Å². The van der Waals surface area contributed by atoms with Gasteiger partial charge in [-0.25, -0.2) is 0 Å². The van der Waals surface area contributed by atoms with Gasteiger partial charge in [0.1, 0.15) is 0 Å². The van der Waals surface area contributed by atoms with Gasteiger partial charge in [-0.05, 0) is 44.4 Å². The summed E-state index contributed by atoms with van der Waals surface area (Å²) in [5.41, 5.74) is -0.269. The monoisotopic (exact) mass is 452 g/mol. The third kappa shape index (κ3) is 4.73. The predicted molar refractivity (Wildman–Crippen MR) is 116 cm³/mol. The molecule has 0 radical (unpaired) electrons. The molecular formula is C24H31F3N2O3. The SMILES string of the molecule is CC(CO)(CO)NC[C@H]1CC[C@@H]2[C@H](O1)c1cc(C(F)(F)F)ccc1N[C@H]2C1C=CC=CC1. The maximum atomic E-state index is 13.4. The first kappa shape index (κ1) is 23.3. The number of anilines is 1. The van der Waals surface area contributed by atoms with Crippen molar-refractivity contribution < 1.29 is 28.1 Å². The van der Waals surface area contributed by atoms with E-state index in [0.29, 0.717) is 17.8 Å². The van der Waals surface area contributed by atoms with Gasteiger partial charge in [-0.15, -0.1) is 0 Å². The molecule has 32 heavy (non-hydrogen) atoms. The van der Waals surface area contributed by atoms with Crippen molar-refractivity contribution in [3.63, 3.8) is 0 Å². The van der Waals surface area contributed by atoms with Crippen LogP contribution in [-0.2, 0) is 10.9 Å². The largest absolute Gasteiger partial charge is 0.416 e. The first-order valence-corrected chi connectivity index (χ1v) is 11.2. The molecule has 2 heterocycles. The Morgan fingerprint density at radius 3 is 2.59 bits per heavy atom. The number of ether oxygens (including phenoxy) is 1. The quantitative estimate of drug-likeness (QED) is 0.529. The van der Waals surface area contributed by atoms with Crippen LogP contribution < -0.4 is 10.6 Å². The Balaban J connectivity index is 1.61. The molecule has 4 N–H and O–H groups in total. The van der Waals surface area contributed by atoms with Crippen molar-refractivity contribution >= 4 is 5.69 Å². The Morgan fingerprint density at radius 1 is 1.16 bits per heavy atom. The number of aliphatic hydroxyl groups excluding tert-OH is 2. The molecule has 176 valence electrons. The van der Waals surface area contributed by atoms with Gasteiger partial charge in [0.15, 0.2) is 0 Å². The van der Waals surface area contributed by atoms with Crippen LogP contribution in [0.4, 0.5) is 18.9 Å². The van der Waals surface area contributed by atoms with Crippen LogP contribution in [0.1, 0.15) is 43.4 Å². The number of aliphatic hydroxyl groups is 2. The van der Waals surface area contributed by atoms with E-state index in [9.17, 15) is 23.4 Å². The van der Waals surface area contributed by atoms with Gasteiger partial charge in [0, 0.05) is 35.7 Å². The van der Waals surface area contributed by atoms with Crippen LogP contribution in [0.25, 0.3) is 0 Å². The van der Waals surface area contributed by atoms with Gasteiger partial charge in [0.2, 0.25) is 0 Å². The molecule has 1 fully saturated rings. The second-order valence-electron chi connectivity index (χ2n) is 9.36. The van der Waals surface area contributed by atoms with Crippen molar-refractivity contribution in [2.75, 3.05) is 25.1 Å². The third-order valence-corrected chi connectivity index (χ3v) is 6.95. The highest BCUT2D eigenvalue weighted by molar-refractivity contribution is 5.58. The highest BCUT2D eigenvalue weighted by atomic mass is 19.4. The summed E-state index contributed by atoms with van der Waals surface area (Å²) in [5, 5.41) is 25.7. The summed E-state index contributed by atoms with van der Waals surface area (Å²) < 4.78 is 46.7. The number of allylic oxidation sites excluding steroid dienone is 3. The molecule has 1 saturated heterocycles. The lowest BCUT2D eigenvalue weighted by atomic mass is 9.73. The Morgan fingerprint density at radius 2 is 1.94 bits per heavy atom. The van der Waals surface area contributed by atoms with E-state index >= 15 is 0 Å². The van der Waals surface area contributed by atoms with Crippen LogP contribution >= 0.6 is 0 Å². The van der Waals surface area contributed by atoms with Crippen molar-refractivity contribution in [1.29, 1.82) is 0 Å². The average molecular weight is 453 g/mol. The van der Waals surface area contributed by atoms with Gasteiger partial charge in [0.25, 0.3) is 0 Å². The molecule has 1 unspecified atom stereocenters. The fraction of sp³-hybridized carbons (Fsp3) is 0.583. The maximum Gasteiger partial charge on any atom is 0.416 e. The lowest BCUT2D eigenvalue weighted by Gasteiger charge is -2.48. The number of nitrogens with one attached hydrogen (secondary N) is 2. The number of hydrogen-bond donors (Lipinski definition) is 4. The molecule has 2 aliphatic heterocycles. The minimum Gasteiger partial charge on any atom is -0.394 e. The molecule has 0 bridgehead atoms. The van der Waals surface area contributed by atoms with E-state index in [-0.39, 0.29) is 37.2 Å². The molecule has 3 aliphatic rings. The third-order valence-electron chi connectivity index (χ3n) is 6.95. The number of rotatable bonds is 6. The normalized spacial score (nSPS) is 29.9. The van der Waals surface area contributed by atoms with Crippen LogP contribution in [0.3, 0.4) is 0 Å². The Bertz CT molecular complexity index is 867. The Hall–Kier alpha value is -1.87. The van der Waals surface area contributed by atoms with Crippen LogP contribution in [0.5, 0.6) is 0 Å². The van der Waals surface area contributed by atoms with Gasteiger partial charge in [-0.1, -0.05) is 24.3 Å². The molecule has 0 amide bonds. The van der Waals surface area contributed by atoms with E-state index in [0.717, 1.165) is 25.3 Å². The molecule has 0 saturated carbocycles. The standard InChI is InChI=1S/C24H31F3N2O3/c1-23(13-30,14-31)28-12-17-8-9-18-21(15-5-3-2-4-6-15)29-20-10-7-16(24(25,26)27)11-19(20)22(18)32-17/h2-5,7,10-11,15,17-18,21-22,28-31H,6,8-9,12-14H2,1H3/t15?,17-,18+,21+,22+/m1/s1. The second kappa shape index (κ2) is 9.17. The van der Waals surface area contributed by atoms with Crippen LogP contribution in [0.15, 0.2) is 42.5 Å². The second-order valence-corrected chi connectivity index (χ2v) is 9.36. The molecule has 5 nitrogen and oxygen atoms in total. The zero-order chi connectivity index (χ0) is 22.9. The summed E-state index contributed by atoms with van der Waals surface area (Å²) in [6.07, 6.45) is 5.65. The zero-order valence-electron chi connectivity index (χ0n) is 18.1. The van der Waals surface area contributed by atoms with Crippen LogP contribution in [0, 0.1) is 11.8 Å². The van der Waals surface area contributed by atoms with E-state index in [1.165, 1.54) is 12.1 Å². The lowest BCUT2D eigenvalue weighted by molar-refractivity contribution is -0.138. The summed E-state index contributed by atoms with van der Waals surface area (Å²) in [4.78, 5) is 0. The van der Waals surface area contributed by atoms with Gasteiger partial charge in [-0.3, -0.25) is 0 Å². The minimum absolute atomic E-state index is 0.0467. The summed E-state index contributed by atoms with van der Waals surface area (Å²) >= 11 is 0. The summed E-state index contributed by atoms with van der Waals surface area (Å²) in [6.45, 7) is 1.66. The number of halogens is 3. The number of benzene rings is 1. The fourth-order valence-electron chi connectivity index (χ4n) is 4.93. The summed E-state index contributed by atoms with van der Waals surface area (Å²) in [5.74, 6) is 0.290. The molecule has 5 atom stereocenters. The van der Waals surface area contributed by atoms with Crippen LogP contribution in [-0.4, -0.2) is 47.7 Å². The van der Waals surface area contributed by atoms with Gasteiger partial charge in [-0.2, -0.15) is 13.2 Å². The van der Waals surface area contributed by atoms with Crippen molar-refractivity contribution in [3.05, 3.63) is 53.6 Å². The number of alkyl halides is 3. The van der Waals surface area contributed by atoms with E-state index in [1.807, 2.05) is 12.2 Å². The Kier molecular flexibility index (Phi) is 6.68. The fourth-order valence-corrected chi connectivity index (χ4v) is 4.93. The topological polar surface area (TPSA) is 73.8 Å². The predicted octanol–water partition coefficient (Wildman–Crippen LogP) is 3.80. The molecule has 1 aliphatic carbocycles. The van der Waals surface area contributed by atoms with E-state index in [4.69, 9.17) is 4.74 Å². The van der Waals surface area contributed by atoms with Crippen molar-refractivity contribution in [2.45, 2.75) is 56.2 Å². The molecule has 1 aromatic carbocycles. The summed E-state index contributed by atoms with van der Waals surface area (Å²) in [7, 11) is 0. The lowest BCUT2D eigenvalue weighted by Crippen LogP contribution is -2.53. The average Bonchev–Trinajstić information content (AvgIpc) is 2.81. The van der Waals surface area contributed by atoms with Gasteiger partial charge in [0.05, 0.1) is 36.5 Å². The molecule has 1 aromatic rings. The molecule has 8 heteroatoms. The molecular weight excluding hydrogens is 421 g/mol. The van der Waals surface area contributed by atoms with Crippen LogP contribution in [0.2, 0.25) is 0 Å². The smallest absolute Gasteiger partial charge is 0.394 e.